The lowest BCUT2D eigenvalue weighted by molar-refractivity contribution is -0.476. The van der Waals surface area contributed by atoms with Gasteiger partial charge in [-0.05, 0) is 5.56 Å². The number of hydrogen-bond donors (Lipinski definition) is 2. The van der Waals surface area contributed by atoms with E-state index in [1.165, 1.54) is 5.56 Å². The van der Waals surface area contributed by atoms with Gasteiger partial charge in [-0.2, -0.15) is 0 Å². The van der Waals surface area contributed by atoms with Crippen molar-refractivity contribution in [1.82, 2.24) is 0 Å². The smallest absolute Gasteiger partial charge is 0.237 e. The molecule has 58 valence electrons. The Morgan fingerprint density at radius 1 is 1.36 bits per heavy atom. The number of nitrogens with one attached hydrogen (secondary N) is 1. The normalized spacial score (nSPS) is 11.5. The number of amidine groups is 1. The van der Waals surface area contributed by atoms with Crippen LogP contribution in [0.3, 0.4) is 0 Å². The third-order valence-corrected chi connectivity index (χ3v) is 1.41. The molecule has 0 atom stereocenters. The second-order valence-electron chi connectivity index (χ2n) is 2.52. The standard InChI is InChI=1S/C9H12N2/c1-8(10)11-7-9-5-3-2-4-6-9/h2-6H,7H2,1H3,(H2,10,11)/p+1. The zero-order valence-electron chi connectivity index (χ0n) is 6.67. The summed E-state index contributed by atoms with van der Waals surface area (Å²) in [4.78, 5) is 3.06. The van der Waals surface area contributed by atoms with E-state index in [-0.39, 0.29) is 0 Å². The van der Waals surface area contributed by atoms with Crippen LogP contribution >= 0.6 is 0 Å². The minimum atomic E-state index is 0.758. The van der Waals surface area contributed by atoms with Crippen LogP contribution in [-0.2, 0) is 6.54 Å². The fourth-order valence-corrected chi connectivity index (χ4v) is 0.837. The van der Waals surface area contributed by atoms with Gasteiger partial charge in [0.25, 0.3) is 0 Å². The fraction of sp³-hybridized carbons (Fsp3) is 0.222. The highest BCUT2D eigenvalue weighted by atomic mass is 14.8. The van der Waals surface area contributed by atoms with E-state index in [4.69, 9.17) is 5.73 Å². The van der Waals surface area contributed by atoms with E-state index in [2.05, 4.69) is 17.1 Å². The summed E-state index contributed by atoms with van der Waals surface area (Å²) in [5.74, 6) is 0.758. The molecule has 0 heterocycles. The van der Waals surface area contributed by atoms with Gasteiger partial charge in [-0.25, -0.2) is 0 Å². The molecular formula is C9H13N2+. The Kier molecular flexibility index (Phi) is 2.66. The Morgan fingerprint density at radius 2 is 2.00 bits per heavy atom. The third kappa shape index (κ3) is 2.85. The summed E-state index contributed by atoms with van der Waals surface area (Å²) in [6.45, 7) is 2.66. The van der Waals surface area contributed by atoms with Crippen molar-refractivity contribution >= 4 is 5.84 Å². The molecule has 0 fully saturated rings. The van der Waals surface area contributed by atoms with Crippen molar-refractivity contribution in [3.05, 3.63) is 35.9 Å². The van der Waals surface area contributed by atoms with Crippen LogP contribution in [0.4, 0.5) is 0 Å². The second kappa shape index (κ2) is 3.76. The van der Waals surface area contributed by atoms with E-state index in [1.54, 1.807) is 0 Å². The van der Waals surface area contributed by atoms with Crippen LogP contribution in [0, 0.1) is 0 Å². The molecule has 0 aliphatic heterocycles. The summed E-state index contributed by atoms with van der Waals surface area (Å²) >= 11 is 0. The van der Waals surface area contributed by atoms with Crippen LogP contribution in [0.1, 0.15) is 12.5 Å². The Bertz CT molecular complexity index is 235. The molecular weight excluding hydrogens is 136 g/mol. The van der Waals surface area contributed by atoms with Gasteiger partial charge in [-0.1, -0.05) is 30.3 Å². The molecule has 1 rings (SSSR count). The van der Waals surface area contributed by atoms with Gasteiger partial charge in [-0.3, -0.25) is 10.7 Å². The molecule has 0 bridgehead atoms. The van der Waals surface area contributed by atoms with Crippen LogP contribution in [0.2, 0.25) is 0 Å². The van der Waals surface area contributed by atoms with E-state index in [0.717, 1.165) is 12.4 Å². The molecule has 2 nitrogen and oxygen atoms in total. The number of nitrogens with two attached hydrogens (primary N) is 1. The topological polar surface area (TPSA) is 40.0 Å². The summed E-state index contributed by atoms with van der Waals surface area (Å²) in [6.07, 6.45) is 0. The quantitative estimate of drug-likeness (QED) is 0.437. The predicted octanol–water partition coefficient (Wildman–Crippen LogP) is -0.356. The Labute approximate surface area is 66.8 Å². The minimum Gasteiger partial charge on any atom is -0.291 e. The second-order valence-corrected chi connectivity index (χ2v) is 2.52. The Morgan fingerprint density at radius 3 is 2.55 bits per heavy atom. The summed E-state index contributed by atoms with van der Waals surface area (Å²) in [5.41, 5.74) is 6.69. The number of rotatable bonds is 2. The van der Waals surface area contributed by atoms with Crippen LogP contribution in [-0.4, -0.2) is 5.84 Å². The maximum absolute atomic E-state index is 5.45. The zero-order chi connectivity index (χ0) is 8.10. The average Bonchev–Trinajstić information content (AvgIpc) is 2.03. The molecule has 0 unspecified atom stereocenters. The molecule has 0 aromatic heterocycles. The lowest BCUT2D eigenvalue weighted by Crippen LogP contribution is -2.72. The molecule has 1 aromatic rings. The van der Waals surface area contributed by atoms with Gasteiger partial charge < -0.3 is 0 Å². The van der Waals surface area contributed by atoms with Gasteiger partial charge in [0.15, 0.2) is 0 Å². The van der Waals surface area contributed by atoms with E-state index >= 15 is 0 Å². The molecule has 3 N–H and O–H groups in total. The first-order valence-corrected chi connectivity index (χ1v) is 3.66. The maximum atomic E-state index is 5.45. The van der Waals surface area contributed by atoms with Gasteiger partial charge >= 0.3 is 0 Å². The molecule has 1 aromatic carbocycles. The largest absolute Gasteiger partial charge is 0.291 e. The number of benzene rings is 1. The summed E-state index contributed by atoms with van der Waals surface area (Å²) in [6, 6.07) is 10.2. The van der Waals surface area contributed by atoms with Crippen molar-refractivity contribution < 1.29 is 4.99 Å². The molecule has 0 aliphatic carbocycles. The highest BCUT2D eigenvalue weighted by molar-refractivity contribution is 5.70. The van der Waals surface area contributed by atoms with Crippen molar-refractivity contribution in [2.24, 2.45) is 5.73 Å². The van der Waals surface area contributed by atoms with E-state index < -0.39 is 0 Å². The van der Waals surface area contributed by atoms with Gasteiger partial charge in [0, 0.05) is 6.92 Å². The molecule has 0 aliphatic rings. The zero-order valence-corrected chi connectivity index (χ0v) is 6.67. The van der Waals surface area contributed by atoms with Crippen LogP contribution in [0.15, 0.2) is 30.3 Å². The van der Waals surface area contributed by atoms with Crippen molar-refractivity contribution in [2.75, 3.05) is 0 Å². The van der Waals surface area contributed by atoms with Gasteiger partial charge in [-0.15, -0.1) is 0 Å². The summed E-state index contributed by atoms with van der Waals surface area (Å²) in [5, 5.41) is 0. The SMILES string of the molecule is CC(N)=[NH+]Cc1ccccc1. The lowest BCUT2D eigenvalue weighted by Gasteiger charge is -1.92. The van der Waals surface area contributed by atoms with E-state index in [1.807, 2.05) is 25.1 Å². The fourth-order valence-electron chi connectivity index (χ4n) is 0.837. The lowest BCUT2D eigenvalue weighted by atomic mass is 10.2. The molecule has 11 heavy (non-hydrogen) atoms. The van der Waals surface area contributed by atoms with Crippen LogP contribution < -0.4 is 10.7 Å². The summed E-state index contributed by atoms with van der Waals surface area (Å²) in [7, 11) is 0. The first-order chi connectivity index (χ1) is 5.29. The molecule has 2 heteroatoms. The first kappa shape index (κ1) is 7.79. The van der Waals surface area contributed by atoms with Crippen molar-refractivity contribution in [2.45, 2.75) is 13.5 Å². The summed E-state index contributed by atoms with van der Waals surface area (Å²) < 4.78 is 0. The molecule has 0 saturated carbocycles. The average molecular weight is 149 g/mol. The maximum Gasteiger partial charge on any atom is 0.237 e. The first-order valence-electron chi connectivity index (χ1n) is 3.66. The van der Waals surface area contributed by atoms with Gasteiger partial charge in [0.05, 0.1) is 0 Å². The minimum absolute atomic E-state index is 0.758. The van der Waals surface area contributed by atoms with Crippen molar-refractivity contribution in [3.8, 4) is 0 Å². The highest BCUT2D eigenvalue weighted by Gasteiger charge is 1.89. The van der Waals surface area contributed by atoms with Crippen molar-refractivity contribution in [3.63, 3.8) is 0 Å². The Hall–Kier alpha value is -1.31. The predicted molar refractivity (Wildman–Crippen MR) is 46.0 cm³/mol. The molecule has 0 saturated heterocycles. The van der Waals surface area contributed by atoms with Crippen LogP contribution in [0.25, 0.3) is 0 Å². The van der Waals surface area contributed by atoms with E-state index in [9.17, 15) is 0 Å². The molecule has 0 spiro atoms. The third-order valence-electron chi connectivity index (χ3n) is 1.41. The van der Waals surface area contributed by atoms with Gasteiger partial charge in [0.1, 0.15) is 6.54 Å². The van der Waals surface area contributed by atoms with Crippen molar-refractivity contribution in [1.29, 1.82) is 0 Å². The molecule has 0 radical (unpaired) electrons. The Balaban J connectivity index is 2.59. The van der Waals surface area contributed by atoms with Gasteiger partial charge in [0.2, 0.25) is 5.84 Å². The monoisotopic (exact) mass is 149 g/mol. The van der Waals surface area contributed by atoms with E-state index in [0.29, 0.717) is 0 Å². The highest BCUT2D eigenvalue weighted by Crippen LogP contribution is 1.93. The number of hydrogen-bond acceptors (Lipinski definition) is 0. The molecule has 0 amide bonds. The van der Waals surface area contributed by atoms with Crippen LogP contribution in [0.5, 0.6) is 0 Å².